The van der Waals surface area contributed by atoms with E-state index in [1.54, 1.807) is 0 Å². The van der Waals surface area contributed by atoms with Crippen molar-refractivity contribution < 1.29 is 4.79 Å². The van der Waals surface area contributed by atoms with Crippen LogP contribution in [0.3, 0.4) is 0 Å². The molecule has 5 nitrogen and oxygen atoms in total. The van der Waals surface area contributed by atoms with Crippen molar-refractivity contribution in [3.8, 4) is 0 Å². The lowest BCUT2D eigenvalue weighted by atomic mass is 10.1. The van der Waals surface area contributed by atoms with E-state index in [1.807, 2.05) is 24.3 Å². The molecule has 1 heterocycles. The minimum atomic E-state index is -0.325. The Morgan fingerprint density at radius 3 is 2.50 bits per heavy atom. The normalized spacial score (nSPS) is 10.5. The van der Waals surface area contributed by atoms with Crippen molar-refractivity contribution in [2.75, 3.05) is 5.32 Å². The van der Waals surface area contributed by atoms with Crippen LogP contribution >= 0.6 is 0 Å². The number of rotatable bonds is 6. The van der Waals surface area contributed by atoms with Gasteiger partial charge < -0.3 is 5.32 Å². The molecule has 2 aromatic rings. The van der Waals surface area contributed by atoms with Gasteiger partial charge in [0.05, 0.1) is 0 Å². The zero-order valence-corrected chi connectivity index (χ0v) is 13.0. The van der Waals surface area contributed by atoms with Gasteiger partial charge in [0.25, 0.3) is 11.5 Å². The Labute approximate surface area is 130 Å². The van der Waals surface area contributed by atoms with E-state index in [4.69, 9.17) is 0 Å². The summed E-state index contributed by atoms with van der Waals surface area (Å²) in [6.45, 7) is 2.19. The number of benzene rings is 1. The van der Waals surface area contributed by atoms with Crippen LogP contribution in [0.1, 0.15) is 42.2 Å². The average Bonchev–Trinajstić information content (AvgIpc) is 2.52. The Morgan fingerprint density at radius 1 is 1.14 bits per heavy atom. The summed E-state index contributed by atoms with van der Waals surface area (Å²) in [4.78, 5) is 23.4. The summed E-state index contributed by atoms with van der Waals surface area (Å²) in [5.41, 5.74) is 1.97. The number of carbonyl (C=O) groups excluding carboxylic acids is 1. The van der Waals surface area contributed by atoms with E-state index < -0.39 is 0 Å². The van der Waals surface area contributed by atoms with E-state index in [2.05, 4.69) is 17.3 Å². The zero-order chi connectivity index (χ0) is 15.9. The predicted octanol–water partition coefficient (Wildman–Crippen LogP) is 2.77. The fourth-order valence-electron chi connectivity index (χ4n) is 2.15. The summed E-state index contributed by atoms with van der Waals surface area (Å²) >= 11 is 0. The van der Waals surface area contributed by atoms with Crippen LogP contribution < -0.4 is 10.9 Å². The van der Waals surface area contributed by atoms with Crippen LogP contribution in [0.2, 0.25) is 0 Å². The van der Waals surface area contributed by atoms with Gasteiger partial charge >= 0.3 is 0 Å². The third-order valence-corrected chi connectivity index (χ3v) is 3.47. The van der Waals surface area contributed by atoms with Crippen molar-refractivity contribution in [2.45, 2.75) is 32.6 Å². The minimum absolute atomic E-state index is 0.217. The largest absolute Gasteiger partial charge is 0.321 e. The minimum Gasteiger partial charge on any atom is -0.321 e. The number of unbranched alkanes of at least 4 members (excludes halogenated alkanes) is 2. The molecular formula is C17H21N3O2. The average molecular weight is 299 g/mol. The Morgan fingerprint density at radius 2 is 1.86 bits per heavy atom. The fourth-order valence-corrected chi connectivity index (χ4v) is 2.15. The SMILES string of the molecule is CCCCCc1ccc(NC(=O)c2ccc(=O)n(C)n2)cc1. The lowest BCUT2D eigenvalue weighted by Gasteiger charge is -2.07. The second kappa shape index (κ2) is 7.54. The van der Waals surface area contributed by atoms with Crippen LogP contribution in [0.4, 0.5) is 5.69 Å². The highest BCUT2D eigenvalue weighted by Crippen LogP contribution is 2.13. The smallest absolute Gasteiger partial charge is 0.276 e. The van der Waals surface area contributed by atoms with Crippen LogP contribution in [-0.4, -0.2) is 15.7 Å². The van der Waals surface area contributed by atoms with Crippen LogP contribution in [0.25, 0.3) is 0 Å². The summed E-state index contributed by atoms with van der Waals surface area (Å²) in [6, 6.07) is 10.6. The molecule has 2 rings (SSSR count). The van der Waals surface area contributed by atoms with Gasteiger partial charge in [0.2, 0.25) is 0 Å². The third-order valence-electron chi connectivity index (χ3n) is 3.47. The highest BCUT2D eigenvalue weighted by atomic mass is 16.2. The molecule has 5 heteroatoms. The van der Waals surface area contributed by atoms with Crippen molar-refractivity contribution in [3.63, 3.8) is 0 Å². The maximum atomic E-state index is 12.1. The first-order valence-electron chi connectivity index (χ1n) is 7.55. The highest BCUT2D eigenvalue weighted by molar-refractivity contribution is 6.02. The molecule has 0 atom stereocenters. The monoisotopic (exact) mass is 299 g/mol. The molecule has 1 N–H and O–H groups in total. The van der Waals surface area contributed by atoms with E-state index in [9.17, 15) is 9.59 Å². The van der Waals surface area contributed by atoms with Crippen molar-refractivity contribution >= 4 is 11.6 Å². The van der Waals surface area contributed by atoms with Gasteiger partial charge in [-0.25, -0.2) is 4.68 Å². The molecule has 0 fully saturated rings. The van der Waals surface area contributed by atoms with E-state index >= 15 is 0 Å². The predicted molar refractivity (Wildman–Crippen MR) is 87.1 cm³/mol. The molecule has 1 amide bonds. The number of nitrogens with zero attached hydrogens (tertiary/aromatic N) is 2. The van der Waals surface area contributed by atoms with E-state index in [0.29, 0.717) is 0 Å². The number of carbonyl (C=O) groups is 1. The number of aromatic nitrogens is 2. The van der Waals surface area contributed by atoms with E-state index in [1.165, 1.54) is 44.0 Å². The van der Waals surface area contributed by atoms with Crippen LogP contribution in [0.5, 0.6) is 0 Å². The molecule has 0 spiro atoms. The number of aryl methyl sites for hydroxylation is 2. The number of amides is 1. The summed E-state index contributed by atoms with van der Waals surface area (Å²) in [5, 5.41) is 6.71. The second-order valence-electron chi connectivity index (χ2n) is 5.29. The quantitative estimate of drug-likeness (QED) is 0.834. The van der Waals surface area contributed by atoms with E-state index in [0.717, 1.165) is 16.8 Å². The van der Waals surface area contributed by atoms with Gasteiger partial charge in [0, 0.05) is 18.8 Å². The maximum absolute atomic E-state index is 12.1. The molecule has 0 unspecified atom stereocenters. The van der Waals surface area contributed by atoms with Crippen LogP contribution in [-0.2, 0) is 13.5 Å². The first kappa shape index (κ1) is 15.9. The van der Waals surface area contributed by atoms with Crippen molar-refractivity contribution in [1.29, 1.82) is 0 Å². The van der Waals surface area contributed by atoms with Gasteiger partial charge in [-0.05, 0) is 36.6 Å². The summed E-state index contributed by atoms with van der Waals surface area (Å²) < 4.78 is 1.14. The van der Waals surface area contributed by atoms with Crippen LogP contribution in [0.15, 0.2) is 41.2 Å². The van der Waals surface area contributed by atoms with Crippen molar-refractivity contribution in [3.05, 3.63) is 58.0 Å². The van der Waals surface area contributed by atoms with Gasteiger partial charge in [0.15, 0.2) is 0 Å². The summed E-state index contributed by atoms with van der Waals surface area (Å²) in [7, 11) is 1.52. The number of anilines is 1. The standard InChI is InChI=1S/C17H21N3O2/c1-3-4-5-6-13-7-9-14(10-8-13)18-17(22)15-11-12-16(21)20(2)19-15/h7-12H,3-6H2,1-2H3,(H,18,22). The Hall–Kier alpha value is -2.43. The van der Waals surface area contributed by atoms with Gasteiger partial charge in [-0.15, -0.1) is 0 Å². The lowest BCUT2D eigenvalue weighted by molar-refractivity contribution is 0.102. The molecule has 0 bridgehead atoms. The maximum Gasteiger partial charge on any atom is 0.276 e. The first-order chi connectivity index (χ1) is 10.6. The molecule has 116 valence electrons. The molecule has 1 aromatic heterocycles. The Kier molecular flexibility index (Phi) is 5.47. The second-order valence-corrected chi connectivity index (χ2v) is 5.29. The molecule has 0 aliphatic heterocycles. The first-order valence-corrected chi connectivity index (χ1v) is 7.55. The molecule has 0 radical (unpaired) electrons. The topological polar surface area (TPSA) is 64.0 Å². The summed E-state index contributed by atoms with van der Waals surface area (Å²) in [6.07, 6.45) is 4.69. The molecule has 0 aliphatic rings. The van der Waals surface area contributed by atoms with Crippen molar-refractivity contribution in [2.24, 2.45) is 7.05 Å². The van der Waals surface area contributed by atoms with Gasteiger partial charge in [-0.3, -0.25) is 9.59 Å². The highest BCUT2D eigenvalue weighted by Gasteiger charge is 2.08. The Balaban J connectivity index is 1.99. The molecule has 1 aromatic carbocycles. The van der Waals surface area contributed by atoms with Gasteiger partial charge in [-0.1, -0.05) is 31.9 Å². The lowest BCUT2D eigenvalue weighted by Crippen LogP contribution is -2.23. The van der Waals surface area contributed by atoms with Gasteiger partial charge in [0.1, 0.15) is 5.69 Å². The molecule has 0 aliphatic carbocycles. The summed E-state index contributed by atoms with van der Waals surface area (Å²) in [5.74, 6) is -0.325. The third kappa shape index (κ3) is 4.28. The molecule has 22 heavy (non-hydrogen) atoms. The molecule has 0 saturated heterocycles. The Bertz CT molecular complexity index is 690. The number of hydrogen-bond donors (Lipinski definition) is 1. The molecule has 0 saturated carbocycles. The zero-order valence-electron chi connectivity index (χ0n) is 13.0. The van der Waals surface area contributed by atoms with Gasteiger partial charge in [-0.2, -0.15) is 5.10 Å². The number of hydrogen-bond acceptors (Lipinski definition) is 3. The van der Waals surface area contributed by atoms with Crippen LogP contribution in [0, 0.1) is 0 Å². The van der Waals surface area contributed by atoms with E-state index in [-0.39, 0.29) is 17.2 Å². The molecular weight excluding hydrogens is 278 g/mol. The number of nitrogens with one attached hydrogen (secondary N) is 1. The fraction of sp³-hybridized carbons (Fsp3) is 0.353. The van der Waals surface area contributed by atoms with Crippen molar-refractivity contribution in [1.82, 2.24) is 9.78 Å².